The van der Waals surface area contributed by atoms with Crippen molar-refractivity contribution < 1.29 is 9.47 Å². The molecule has 37 heavy (non-hydrogen) atoms. The smallest absolute Gasteiger partial charge is 0.248 e. The lowest BCUT2D eigenvalue weighted by atomic mass is 10.2. The third kappa shape index (κ3) is 4.79. The summed E-state index contributed by atoms with van der Waals surface area (Å²) in [6.07, 6.45) is 4.39. The van der Waals surface area contributed by atoms with E-state index >= 15 is 0 Å². The lowest BCUT2D eigenvalue weighted by Gasteiger charge is -2.26. The summed E-state index contributed by atoms with van der Waals surface area (Å²) >= 11 is 0. The zero-order chi connectivity index (χ0) is 25.9. The SMILES string of the molecule is CCN(CC)C1CCN(c2ccc(Nc3nc(N)n(-c4ncnc5cc(OC)c(OC)cc45)n3)cn2)C1. The number of nitrogens with zero attached hydrogens (tertiary/aromatic N) is 8. The zero-order valence-corrected chi connectivity index (χ0v) is 21.5. The Labute approximate surface area is 215 Å². The van der Waals surface area contributed by atoms with Crippen LogP contribution in [0.1, 0.15) is 20.3 Å². The molecule has 5 rings (SSSR count). The summed E-state index contributed by atoms with van der Waals surface area (Å²) in [6, 6.07) is 8.14. The number of nitrogens with one attached hydrogen (secondary N) is 1. The van der Waals surface area contributed by atoms with Gasteiger partial charge in [0.05, 0.1) is 31.6 Å². The van der Waals surface area contributed by atoms with Crippen molar-refractivity contribution in [3.8, 4) is 17.3 Å². The van der Waals surface area contributed by atoms with Crippen LogP contribution >= 0.6 is 0 Å². The van der Waals surface area contributed by atoms with Gasteiger partial charge in [0.1, 0.15) is 12.1 Å². The molecule has 4 heterocycles. The Kier molecular flexibility index (Phi) is 6.91. The first-order valence-electron chi connectivity index (χ1n) is 12.4. The molecule has 3 N–H and O–H groups in total. The number of nitrogens with two attached hydrogens (primary N) is 1. The van der Waals surface area contributed by atoms with Gasteiger partial charge in [-0.3, -0.25) is 4.90 Å². The number of hydrogen-bond donors (Lipinski definition) is 2. The van der Waals surface area contributed by atoms with Crippen molar-refractivity contribution in [2.75, 3.05) is 56.3 Å². The molecule has 1 aliphatic heterocycles. The molecule has 1 atom stereocenters. The fourth-order valence-corrected chi connectivity index (χ4v) is 4.84. The highest BCUT2D eigenvalue weighted by atomic mass is 16.5. The van der Waals surface area contributed by atoms with Crippen molar-refractivity contribution >= 4 is 34.3 Å². The lowest BCUT2D eigenvalue weighted by molar-refractivity contribution is 0.232. The van der Waals surface area contributed by atoms with Crippen molar-refractivity contribution in [2.45, 2.75) is 26.3 Å². The minimum absolute atomic E-state index is 0.182. The highest BCUT2D eigenvalue weighted by Crippen LogP contribution is 2.33. The molecular formula is C25H32N10O2. The molecule has 1 aliphatic rings. The van der Waals surface area contributed by atoms with Gasteiger partial charge in [0.15, 0.2) is 17.3 Å². The average molecular weight is 505 g/mol. The topological polar surface area (TPSA) is 132 Å². The Morgan fingerprint density at radius 2 is 1.86 bits per heavy atom. The lowest BCUT2D eigenvalue weighted by Crippen LogP contribution is -2.37. The largest absolute Gasteiger partial charge is 0.493 e. The summed E-state index contributed by atoms with van der Waals surface area (Å²) < 4.78 is 12.3. The second kappa shape index (κ2) is 10.4. The number of likely N-dealkylation sites (N-methyl/N-ethyl adjacent to an activating group) is 1. The fourth-order valence-electron chi connectivity index (χ4n) is 4.84. The molecule has 0 amide bonds. The van der Waals surface area contributed by atoms with Gasteiger partial charge in [0.25, 0.3) is 0 Å². The number of nitrogen functional groups attached to an aromatic ring is 1. The Balaban J connectivity index is 1.35. The minimum atomic E-state index is 0.182. The predicted octanol–water partition coefficient (Wildman–Crippen LogP) is 2.87. The summed E-state index contributed by atoms with van der Waals surface area (Å²) in [4.78, 5) is 22.6. The zero-order valence-electron chi connectivity index (χ0n) is 21.5. The molecule has 4 aromatic rings. The maximum Gasteiger partial charge on any atom is 0.248 e. The van der Waals surface area contributed by atoms with Gasteiger partial charge in [0.2, 0.25) is 11.9 Å². The van der Waals surface area contributed by atoms with Gasteiger partial charge in [-0.2, -0.15) is 9.67 Å². The van der Waals surface area contributed by atoms with Gasteiger partial charge >= 0.3 is 0 Å². The Morgan fingerprint density at radius 3 is 2.57 bits per heavy atom. The molecule has 0 spiro atoms. The number of benzene rings is 1. The normalized spacial score (nSPS) is 15.5. The standard InChI is InChI=1S/C25H32N10O2/c1-5-33(6-2)17-9-10-34(14-17)22-8-7-16(13-27-22)30-25-31-24(26)35(32-25)23-18-11-20(36-3)21(37-4)12-19(18)28-15-29-23/h7-8,11-13,15,17H,5-6,9-10,14H2,1-4H3,(H3,26,30,31,32). The van der Waals surface area contributed by atoms with Crippen LogP contribution in [0.15, 0.2) is 36.8 Å². The Hall–Kier alpha value is -4.19. The fraction of sp³-hybridized carbons (Fsp3) is 0.400. The molecule has 194 valence electrons. The van der Waals surface area contributed by atoms with E-state index < -0.39 is 0 Å². The van der Waals surface area contributed by atoms with Crippen LogP contribution in [0.4, 0.5) is 23.4 Å². The first-order chi connectivity index (χ1) is 18.0. The van der Waals surface area contributed by atoms with Gasteiger partial charge < -0.3 is 25.4 Å². The molecule has 0 bridgehead atoms. The van der Waals surface area contributed by atoms with E-state index in [1.54, 1.807) is 32.5 Å². The molecule has 0 radical (unpaired) electrons. The summed E-state index contributed by atoms with van der Waals surface area (Å²) in [5.41, 5.74) is 7.65. The number of fused-ring (bicyclic) bond motifs is 1. The van der Waals surface area contributed by atoms with E-state index in [4.69, 9.17) is 15.2 Å². The average Bonchev–Trinajstić information content (AvgIpc) is 3.55. The highest BCUT2D eigenvalue weighted by molar-refractivity contribution is 5.88. The quantitative estimate of drug-likeness (QED) is 0.349. The molecule has 3 aromatic heterocycles. The van der Waals surface area contributed by atoms with Gasteiger partial charge in [-0.15, -0.1) is 5.10 Å². The van der Waals surface area contributed by atoms with Crippen LogP contribution in [0.2, 0.25) is 0 Å². The van der Waals surface area contributed by atoms with Crippen molar-refractivity contribution in [3.05, 3.63) is 36.8 Å². The summed E-state index contributed by atoms with van der Waals surface area (Å²) in [5, 5.41) is 8.42. The van der Waals surface area contributed by atoms with E-state index in [0.29, 0.717) is 40.2 Å². The third-order valence-electron chi connectivity index (χ3n) is 6.77. The van der Waals surface area contributed by atoms with Crippen LogP contribution in [0.25, 0.3) is 16.7 Å². The van der Waals surface area contributed by atoms with Crippen molar-refractivity contribution in [1.29, 1.82) is 0 Å². The Morgan fingerprint density at radius 1 is 1.08 bits per heavy atom. The van der Waals surface area contributed by atoms with E-state index in [9.17, 15) is 0 Å². The van der Waals surface area contributed by atoms with Gasteiger partial charge in [-0.1, -0.05) is 13.8 Å². The van der Waals surface area contributed by atoms with Crippen LogP contribution in [0.3, 0.4) is 0 Å². The second-order valence-corrected chi connectivity index (χ2v) is 8.77. The van der Waals surface area contributed by atoms with Gasteiger partial charge in [-0.25, -0.2) is 15.0 Å². The highest BCUT2D eigenvalue weighted by Gasteiger charge is 2.27. The summed E-state index contributed by atoms with van der Waals surface area (Å²) in [7, 11) is 3.15. The molecule has 12 heteroatoms. The molecule has 0 aliphatic carbocycles. The third-order valence-corrected chi connectivity index (χ3v) is 6.77. The summed E-state index contributed by atoms with van der Waals surface area (Å²) in [6.45, 7) is 8.57. The number of methoxy groups -OCH3 is 2. The number of anilines is 4. The molecule has 1 fully saturated rings. The van der Waals surface area contributed by atoms with Gasteiger partial charge in [0, 0.05) is 30.6 Å². The number of pyridine rings is 1. The van der Waals surface area contributed by atoms with Crippen LogP contribution in [0, 0.1) is 0 Å². The first-order valence-corrected chi connectivity index (χ1v) is 12.4. The maximum absolute atomic E-state index is 6.22. The number of ether oxygens (including phenoxy) is 2. The van der Waals surface area contributed by atoms with Crippen LogP contribution in [-0.2, 0) is 0 Å². The minimum Gasteiger partial charge on any atom is -0.493 e. The van der Waals surface area contributed by atoms with E-state index in [1.807, 2.05) is 12.1 Å². The maximum atomic E-state index is 6.22. The molecule has 0 saturated carbocycles. The van der Waals surface area contributed by atoms with Crippen LogP contribution in [0.5, 0.6) is 11.5 Å². The molecule has 1 aromatic carbocycles. The van der Waals surface area contributed by atoms with E-state index in [-0.39, 0.29) is 5.95 Å². The van der Waals surface area contributed by atoms with Crippen LogP contribution < -0.4 is 25.4 Å². The Bertz CT molecular complexity index is 1370. The predicted molar refractivity (Wildman–Crippen MR) is 143 cm³/mol. The van der Waals surface area contributed by atoms with Crippen LogP contribution in [-0.4, -0.2) is 81.1 Å². The number of rotatable bonds is 9. The second-order valence-electron chi connectivity index (χ2n) is 8.77. The van der Waals surface area contributed by atoms with E-state index in [0.717, 1.165) is 44.1 Å². The van der Waals surface area contributed by atoms with Crippen molar-refractivity contribution in [2.24, 2.45) is 0 Å². The first kappa shape index (κ1) is 24.5. The number of hydrogen-bond acceptors (Lipinski definition) is 11. The molecular weight excluding hydrogens is 472 g/mol. The molecule has 1 saturated heterocycles. The van der Waals surface area contributed by atoms with Gasteiger partial charge in [-0.05, 0) is 37.7 Å². The van der Waals surface area contributed by atoms with Crippen molar-refractivity contribution in [1.82, 2.24) is 34.6 Å². The van der Waals surface area contributed by atoms with E-state index in [1.165, 1.54) is 11.0 Å². The number of aromatic nitrogens is 6. The van der Waals surface area contributed by atoms with Crippen molar-refractivity contribution in [3.63, 3.8) is 0 Å². The monoisotopic (exact) mass is 504 g/mol. The molecule has 1 unspecified atom stereocenters. The molecule has 12 nitrogen and oxygen atoms in total. The summed E-state index contributed by atoms with van der Waals surface area (Å²) in [5.74, 6) is 3.09. The van der Waals surface area contributed by atoms with E-state index in [2.05, 4.69) is 54.0 Å².